The van der Waals surface area contributed by atoms with Gasteiger partial charge in [0.2, 0.25) is 0 Å². The number of hydrogen-bond donors (Lipinski definition) is 1. The first-order valence-electron chi connectivity index (χ1n) is 6.74. The zero-order valence-corrected chi connectivity index (χ0v) is 13.8. The van der Waals surface area contributed by atoms with Crippen molar-refractivity contribution < 1.29 is 9.47 Å². The van der Waals surface area contributed by atoms with E-state index in [0.717, 1.165) is 23.3 Å². The first-order chi connectivity index (χ1) is 9.08. The number of nitrogens with one attached hydrogen (secondary N) is 1. The van der Waals surface area contributed by atoms with Crippen molar-refractivity contribution >= 4 is 15.9 Å². The van der Waals surface area contributed by atoms with E-state index in [2.05, 4.69) is 48.1 Å². The lowest BCUT2D eigenvalue weighted by Gasteiger charge is -2.22. The Morgan fingerprint density at radius 3 is 2.63 bits per heavy atom. The minimum absolute atomic E-state index is 0.0311. The molecule has 0 spiro atoms. The van der Waals surface area contributed by atoms with Gasteiger partial charge in [-0.3, -0.25) is 0 Å². The van der Waals surface area contributed by atoms with Gasteiger partial charge in [-0.05, 0) is 36.2 Å². The molecule has 108 valence electrons. The number of rotatable bonds is 8. The Balaban J connectivity index is 2.82. The van der Waals surface area contributed by atoms with Crippen molar-refractivity contribution in [1.82, 2.24) is 5.32 Å². The average Bonchev–Trinajstić information content (AvgIpc) is 2.38. The van der Waals surface area contributed by atoms with Crippen LogP contribution in [-0.2, 0) is 4.74 Å². The second-order valence-electron chi connectivity index (χ2n) is 4.84. The van der Waals surface area contributed by atoms with Crippen LogP contribution < -0.4 is 10.1 Å². The number of ether oxygens (including phenoxy) is 2. The summed E-state index contributed by atoms with van der Waals surface area (Å²) in [5.74, 6) is 1.37. The summed E-state index contributed by atoms with van der Waals surface area (Å²) in [6, 6.07) is 6.16. The largest absolute Gasteiger partial charge is 0.486 e. The third-order valence-corrected chi connectivity index (χ3v) is 3.36. The van der Waals surface area contributed by atoms with Gasteiger partial charge in [0.1, 0.15) is 11.9 Å². The van der Waals surface area contributed by atoms with E-state index in [1.54, 1.807) is 7.11 Å². The zero-order valence-electron chi connectivity index (χ0n) is 12.2. The third-order valence-electron chi connectivity index (χ3n) is 2.86. The normalized spacial score (nSPS) is 12.7. The number of likely N-dealkylation sites (N-methyl/N-ethyl adjacent to an activating group) is 1. The smallest absolute Gasteiger partial charge is 0.134 e. The maximum Gasteiger partial charge on any atom is 0.134 e. The predicted molar refractivity (Wildman–Crippen MR) is 83.1 cm³/mol. The molecular formula is C15H24BrNO2. The molecule has 0 aliphatic carbocycles. The van der Waals surface area contributed by atoms with Gasteiger partial charge in [0.15, 0.2) is 0 Å². The van der Waals surface area contributed by atoms with Gasteiger partial charge in [0.05, 0.1) is 6.61 Å². The van der Waals surface area contributed by atoms with Gasteiger partial charge in [-0.15, -0.1) is 0 Å². The first-order valence-corrected chi connectivity index (χ1v) is 7.53. The highest BCUT2D eigenvalue weighted by Crippen LogP contribution is 2.30. The molecule has 0 radical (unpaired) electrons. The lowest BCUT2D eigenvalue weighted by atomic mass is 10.0. The Bertz CT molecular complexity index is 382. The molecule has 3 nitrogen and oxygen atoms in total. The van der Waals surface area contributed by atoms with E-state index in [-0.39, 0.29) is 6.10 Å². The fourth-order valence-electron chi connectivity index (χ4n) is 1.88. The molecule has 19 heavy (non-hydrogen) atoms. The summed E-state index contributed by atoms with van der Waals surface area (Å²) in [4.78, 5) is 0. The summed E-state index contributed by atoms with van der Waals surface area (Å²) >= 11 is 3.51. The van der Waals surface area contributed by atoms with Gasteiger partial charge < -0.3 is 14.8 Å². The van der Waals surface area contributed by atoms with Gasteiger partial charge in [-0.2, -0.15) is 0 Å². The molecule has 0 saturated heterocycles. The van der Waals surface area contributed by atoms with Crippen LogP contribution in [-0.4, -0.2) is 32.9 Å². The molecule has 0 aliphatic rings. The highest BCUT2D eigenvalue weighted by Gasteiger charge is 2.14. The number of benzene rings is 1. The van der Waals surface area contributed by atoms with E-state index in [1.165, 1.54) is 5.56 Å². The van der Waals surface area contributed by atoms with Crippen LogP contribution in [0.2, 0.25) is 0 Å². The lowest BCUT2D eigenvalue weighted by Crippen LogP contribution is -2.35. The minimum atomic E-state index is 0.0311. The van der Waals surface area contributed by atoms with Crippen molar-refractivity contribution in [3.05, 3.63) is 28.2 Å². The summed E-state index contributed by atoms with van der Waals surface area (Å²) < 4.78 is 12.4. The number of methoxy groups -OCH3 is 1. The number of hydrogen-bond acceptors (Lipinski definition) is 3. The molecule has 1 aromatic carbocycles. The SMILES string of the molecule is CCNCC(COC)Oc1ccc(Br)cc1C(C)C. The molecule has 4 heteroatoms. The molecule has 0 amide bonds. The summed E-state index contributed by atoms with van der Waals surface area (Å²) in [7, 11) is 1.70. The maximum atomic E-state index is 6.10. The van der Waals surface area contributed by atoms with Gasteiger partial charge in [0.25, 0.3) is 0 Å². The van der Waals surface area contributed by atoms with Crippen molar-refractivity contribution in [2.45, 2.75) is 32.8 Å². The van der Waals surface area contributed by atoms with Gasteiger partial charge in [0, 0.05) is 18.1 Å². The van der Waals surface area contributed by atoms with Crippen LogP contribution in [0, 0.1) is 0 Å². The third kappa shape index (κ3) is 5.51. The Morgan fingerprint density at radius 1 is 1.32 bits per heavy atom. The van der Waals surface area contributed by atoms with Crippen molar-refractivity contribution in [1.29, 1.82) is 0 Å². The molecule has 0 aliphatic heterocycles. The maximum absolute atomic E-state index is 6.10. The topological polar surface area (TPSA) is 30.5 Å². The predicted octanol–water partition coefficient (Wildman–Crippen LogP) is 3.58. The van der Waals surface area contributed by atoms with Crippen molar-refractivity contribution in [2.75, 3.05) is 26.8 Å². The Morgan fingerprint density at radius 2 is 2.05 bits per heavy atom. The molecule has 1 N–H and O–H groups in total. The van der Waals surface area contributed by atoms with E-state index < -0.39 is 0 Å². The van der Waals surface area contributed by atoms with Crippen molar-refractivity contribution in [3.63, 3.8) is 0 Å². The quantitative estimate of drug-likeness (QED) is 0.790. The van der Waals surface area contributed by atoms with Crippen LogP contribution in [0.25, 0.3) is 0 Å². The second-order valence-corrected chi connectivity index (χ2v) is 5.76. The van der Waals surface area contributed by atoms with Crippen LogP contribution in [0.1, 0.15) is 32.3 Å². The summed E-state index contributed by atoms with van der Waals surface area (Å²) in [6.07, 6.45) is 0.0311. The highest BCUT2D eigenvalue weighted by atomic mass is 79.9. The molecule has 0 bridgehead atoms. The van der Waals surface area contributed by atoms with E-state index in [0.29, 0.717) is 12.5 Å². The first kappa shape index (κ1) is 16.5. The fraction of sp³-hybridized carbons (Fsp3) is 0.600. The Kier molecular flexibility index (Phi) is 7.42. The van der Waals surface area contributed by atoms with Crippen LogP contribution in [0.5, 0.6) is 5.75 Å². The lowest BCUT2D eigenvalue weighted by molar-refractivity contribution is 0.0801. The minimum Gasteiger partial charge on any atom is -0.486 e. The van der Waals surface area contributed by atoms with E-state index in [1.807, 2.05) is 12.1 Å². The molecule has 0 saturated carbocycles. The van der Waals surface area contributed by atoms with E-state index in [9.17, 15) is 0 Å². The van der Waals surface area contributed by atoms with Crippen LogP contribution >= 0.6 is 15.9 Å². The van der Waals surface area contributed by atoms with Gasteiger partial charge >= 0.3 is 0 Å². The van der Waals surface area contributed by atoms with Gasteiger partial charge in [-0.25, -0.2) is 0 Å². The van der Waals surface area contributed by atoms with Gasteiger partial charge in [-0.1, -0.05) is 36.7 Å². The summed E-state index contributed by atoms with van der Waals surface area (Å²) in [5, 5.41) is 3.30. The number of halogens is 1. The molecular weight excluding hydrogens is 306 g/mol. The second kappa shape index (κ2) is 8.56. The Hall–Kier alpha value is -0.580. The highest BCUT2D eigenvalue weighted by molar-refractivity contribution is 9.10. The van der Waals surface area contributed by atoms with Crippen molar-refractivity contribution in [2.24, 2.45) is 0 Å². The molecule has 1 unspecified atom stereocenters. The van der Waals surface area contributed by atoms with Crippen LogP contribution in [0.3, 0.4) is 0 Å². The van der Waals surface area contributed by atoms with E-state index in [4.69, 9.17) is 9.47 Å². The molecule has 0 fully saturated rings. The molecule has 0 heterocycles. The zero-order chi connectivity index (χ0) is 14.3. The average molecular weight is 330 g/mol. The van der Waals surface area contributed by atoms with Crippen LogP contribution in [0.15, 0.2) is 22.7 Å². The Labute approximate surface area is 124 Å². The molecule has 1 aromatic rings. The monoisotopic (exact) mass is 329 g/mol. The molecule has 0 aromatic heterocycles. The van der Waals surface area contributed by atoms with Crippen LogP contribution in [0.4, 0.5) is 0 Å². The van der Waals surface area contributed by atoms with Crippen molar-refractivity contribution in [3.8, 4) is 5.75 Å². The molecule has 1 atom stereocenters. The summed E-state index contributed by atoms with van der Waals surface area (Å²) in [5.41, 5.74) is 1.21. The van der Waals surface area contributed by atoms with E-state index >= 15 is 0 Å². The molecule has 1 rings (SSSR count). The standard InChI is InChI=1S/C15H24BrNO2/c1-5-17-9-13(10-18-4)19-15-7-6-12(16)8-14(15)11(2)3/h6-8,11,13,17H,5,9-10H2,1-4H3. The fourth-order valence-corrected chi connectivity index (χ4v) is 2.26. The summed E-state index contributed by atoms with van der Waals surface area (Å²) in [6.45, 7) is 8.73.